The second kappa shape index (κ2) is 11.6. The van der Waals surface area contributed by atoms with Crippen LogP contribution in [0.3, 0.4) is 0 Å². The number of hydrogen-bond donors (Lipinski definition) is 1. The topological polar surface area (TPSA) is 76.1 Å². The van der Waals surface area contributed by atoms with Crippen LogP contribution in [0.4, 0.5) is 0 Å². The first-order valence-electron chi connectivity index (χ1n) is 11.3. The number of carbonyl (C=O) groups is 2. The summed E-state index contributed by atoms with van der Waals surface area (Å²) in [5.41, 5.74) is 2.83. The zero-order valence-electron chi connectivity index (χ0n) is 19.0. The quantitative estimate of drug-likeness (QED) is 0.449. The Kier molecular flexibility index (Phi) is 8.54. The Morgan fingerprint density at radius 3 is 2.16 bits per heavy atom. The molecule has 3 rings (SSSR count). The van der Waals surface area contributed by atoms with Gasteiger partial charge in [-0.2, -0.15) is 0 Å². The molecule has 0 saturated heterocycles. The lowest BCUT2D eigenvalue weighted by Gasteiger charge is -2.24. The number of benzene rings is 2. The number of methoxy groups -OCH3 is 2. The highest BCUT2D eigenvalue weighted by atomic mass is 16.5. The molecule has 1 amide bonds. The van der Waals surface area contributed by atoms with Crippen LogP contribution in [-0.4, -0.2) is 49.2 Å². The molecule has 172 valence electrons. The summed E-state index contributed by atoms with van der Waals surface area (Å²) in [6.45, 7) is 1.13. The number of rotatable bonds is 13. The average molecular weight is 440 g/mol. The first-order chi connectivity index (χ1) is 15.5. The predicted octanol–water partition coefficient (Wildman–Crippen LogP) is 4.91. The Morgan fingerprint density at radius 1 is 0.969 bits per heavy atom. The zero-order valence-corrected chi connectivity index (χ0v) is 19.0. The molecule has 6 heteroatoms. The molecule has 1 aliphatic carbocycles. The monoisotopic (exact) mass is 439 g/mol. The average Bonchev–Trinajstić information content (AvgIpc) is 3.65. The summed E-state index contributed by atoms with van der Waals surface area (Å²) in [4.78, 5) is 26.1. The molecule has 0 spiro atoms. The van der Waals surface area contributed by atoms with Gasteiger partial charge in [0.2, 0.25) is 0 Å². The van der Waals surface area contributed by atoms with Crippen molar-refractivity contribution < 1.29 is 24.2 Å². The molecular weight excluding hydrogens is 406 g/mol. The lowest BCUT2D eigenvalue weighted by Crippen LogP contribution is -2.33. The van der Waals surface area contributed by atoms with Crippen LogP contribution in [0.15, 0.2) is 42.5 Å². The van der Waals surface area contributed by atoms with Gasteiger partial charge in [0.05, 0.1) is 14.2 Å². The SMILES string of the molecule is COc1cc(C(=O)N(CCCCC(=O)O)CCCc2ccccc2)cc(OC)c1C1CC1. The summed E-state index contributed by atoms with van der Waals surface area (Å²) in [6.07, 6.45) is 5.24. The summed E-state index contributed by atoms with van der Waals surface area (Å²) in [5.74, 6) is 0.946. The van der Waals surface area contributed by atoms with Crippen LogP contribution in [0.1, 0.15) is 65.9 Å². The third-order valence-corrected chi connectivity index (χ3v) is 5.87. The fraction of sp³-hybridized carbons (Fsp3) is 0.462. The van der Waals surface area contributed by atoms with E-state index in [1.165, 1.54) is 5.56 Å². The van der Waals surface area contributed by atoms with E-state index in [9.17, 15) is 9.59 Å². The molecule has 2 aromatic rings. The normalized spacial score (nSPS) is 12.9. The van der Waals surface area contributed by atoms with Gasteiger partial charge in [-0.15, -0.1) is 0 Å². The van der Waals surface area contributed by atoms with E-state index in [-0.39, 0.29) is 12.3 Å². The molecule has 0 heterocycles. The number of ether oxygens (including phenoxy) is 2. The smallest absolute Gasteiger partial charge is 0.303 e. The van der Waals surface area contributed by atoms with Crippen molar-refractivity contribution in [2.45, 2.75) is 50.9 Å². The van der Waals surface area contributed by atoms with Gasteiger partial charge in [-0.1, -0.05) is 30.3 Å². The molecule has 2 aromatic carbocycles. The summed E-state index contributed by atoms with van der Waals surface area (Å²) >= 11 is 0. The van der Waals surface area contributed by atoms with Crippen LogP contribution < -0.4 is 9.47 Å². The van der Waals surface area contributed by atoms with Crippen molar-refractivity contribution >= 4 is 11.9 Å². The van der Waals surface area contributed by atoms with Gasteiger partial charge in [-0.05, 0) is 62.1 Å². The standard InChI is InChI=1S/C26H33NO5/c1-31-22-17-21(18-23(32-2)25(22)20-13-14-20)26(30)27(15-7-6-12-24(28)29)16-8-11-19-9-4-3-5-10-19/h3-5,9-10,17-18,20H,6-8,11-16H2,1-2H3,(H,28,29). The second-order valence-corrected chi connectivity index (χ2v) is 8.30. The molecule has 1 N–H and O–H groups in total. The van der Waals surface area contributed by atoms with Gasteiger partial charge >= 0.3 is 5.97 Å². The molecule has 1 saturated carbocycles. The Hall–Kier alpha value is -3.02. The van der Waals surface area contributed by atoms with Crippen LogP contribution >= 0.6 is 0 Å². The number of carbonyl (C=O) groups excluding carboxylic acids is 1. The van der Waals surface area contributed by atoms with Crippen LogP contribution in [0.5, 0.6) is 11.5 Å². The second-order valence-electron chi connectivity index (χ2n) is 8.30. The first kappa shape index (κ1) is 23.6. The van der Waals surface area contributed by atoms with Crippen molar-refractivity contribution in [2.75, 3.05) is 27.3 Å². The highest BCUT2D eigenvalue weighted by Gasteiger charge is 2.31. The number of carboxylic acid groups (broad SMARTS) is 1. The number of carboxylic acids is 1. The molecule has 0 bridgehead atoms. The molecule has 1 aliphatic rings. The number of aryl methyl sites for hydroxylation is 1. The van der Waals surface area contributed by atoms with Crippen molar-refractivity contribution in [3.05, 3.63) is 59.2 Å². The highest BCUT2D eigenvalue weighted by molar-refractivity contribution is 5.95. The Morgan fingerprint density at radius 2 is 1.59 bits per heavy atom. The van der Waals surface area contributed by atoms with Gasteiger partial charge in [-0.25, -0.2) is 0 Å². The molecular formula is C26H33NO5. The zero-order chi connectivity index (χ0) is 22.9. The van der Waals surface area contributed by atoms with Crippen LogP contribution in [0, 0.1) is 0 Å². The molecule has 0 aromatic heterocycles. The van der Waals surface area contributed by atoms with Crippen LogP contribution in [0.25, 0.3) is 0 Å². The van der Waals surface area contributed by atoms with Crippen molar-refractivity contribution in [1.29, 1.82) is 0 Å². The number of amides is 1. The van der Waals surface area contributed by atoms with E-state index in [1.807, 2.05) is 35.2 Å². The Balaban J connectivity index is 1.74. The molecule has 0 atom stereocenters. The molecule has 0 unspecified atom stereocenters. The van der Waals surface area contributed by atoms with E-state index in [0.717, 1.165) is 31.2 Å². The third kappa shape index (κ3) is 6.49. The lowest BCUT2D eigenvalue weighted by atomic mass is 10.0. The minimum absolute atomic E-state index is 0.0765. The van der Waals surface area contributed by atoms with Gasteiger partial charge in [0, 0.05) is 30.6 Å². The first-order valence-corrected chi connectivity index (χ1v) is 11.3. The Bertz CT molecular complexity index is 883. The summed E-state index contributed by atoms with van der Waals surface area (Å²) in [6, 6.07) is 13.8. The minimum Gasteiger partial charge on any atom is -0.496 e. The fourth-order valence-electron chi connectivity index (χ4n) is 4.03. The van der Waals surface area contributed by atoms with Crippen LogP contribution in [-0.2, 0) is 11.2 Å². The van der Waals surface area contributed by atoms with Crippen molar-refractivity contribution in [3.63, 3.8) is 0 Å². The minimum atomic E-state index is -0.808. The predicted molar refractivity (Wildman–Crippen MR) is 124 cm³/mol. The largest absolute Gasteiger partial charge is 0.496 e. The summed E-state index contributed by atoms with van der Waals surface area (Å²) in [7, 11) is 3.25. The van der Waals surface area contributed by atoms with E-state index in [2.05, 4.69) is 12.1 Å². The van der Waals surface area contributed by atoms with Crippen molar-refractivity contribution in [1.82, 2.24) is 4.90 Å². The fourth-order valence-corrected chi connectivity index (χ4v) is 4.03. The number of unbranched alkanes of at least 4 members (excludes halogenated alkanes) is 1. The van der Waals surface area contributed by atoms with Gasteiger partial charge in [0.15, 0.2) is 0 Å². The third-order valence-electron chi connectivity index (χ3n) is 5.87. The number of nitrogens with zero attached hydrogens (tertiary/aromatic N) is 1. The maximum absolute atomic E-state index is 13.4. The molecule has 0 radical (unpaired) electrons. The van der Waals surface area contributed by atoms with E-state index in [0.29, 0.717) is 48.9 Å². The maximum Gasteiger partial charge on any atom is 0.303 e. The van der Waals surface area contributed by atoms with E-state index >= 15 is 0 Å². The molecule has 1 fully saturated rings. The van der Waals surface area contributed by atoms with Crippen LogP contribution in [0.2, 0.25) is 0 Å². The molecule has 0 aliphatic heterocycles. The van der Waals surface area contributed by atoms with Gasteiger partial charge in [-0.3, -0.25) is 9.59 Å². The summed E-state index contributed by atoms with van der Waals surface area (Å²) in [5, 5.41) is 8.92. The van der Waals surface area contributed by atoms with Gasteiger partial charge < -0.3 is 19.5 Å². The number of hydrogen-bond acceptors (Lipinski definition) is 4. The van der Waals surface area contributed by atoms with Gasteiger partial charge in [0.1, 0.15) is 11.5 Å². The van der Waals surface area contributed by atoms with E-state index < -0.39 is 5.97 Å². The maximum atomic E-state index is 13.4. The highest BCUT2D eigenvalue weighted by Crippen LogP contribution is 2.49. The molecule has 6 nitrogen and oxygen atoms in total. The lowest BCUT2D eigenvalue weighted by molar-refractivity contribution is -0.137. The van der Waals surface area contributed by atoms with Crippen molar-refractivity contribution in [2.24, 2.45) is 0 Å². The van der Waals surface area contributed by atoms with E-state index in [1.54, 1.807) is 14.2 Å². The van der Waals surface area contributed by atoms with E-state index in [4.69, 9.17) is 14.6 Å². The van der Waals surface area contributed by atoms with Gasteiger partial charge in [0.25, 0.3) is 5.91 Å². The number of aliphatic carboxylic acids is 1. The molecule has 32 heavy (non-hydrogen) atoms. The Labute approximate surface area is 190 Å². The van der Waals surface area contributed by atoms with Crippen molar-refractivity contribution in [3.8, 4) is 11.5 Å². The summed E-state index contributed by atoms with van der Waals surface area (Å²) < 4.78 is 11.2.